The van der Waals surface area contributed by atoms with E-state index in [0.29, 0.717) is 18.8 Å². The van der Waals surface area contributed by atoms with Gasteiger partial charge >= 0.3 is 6.03 Å². The van der Waals surface area contributed by atoms with E-state index < -0.39 is 0 Å². The van der Waals surface area contributed by atoms with Crippen LogP contribution in [-0.4, -0.2) is 40.3 Å². The van der Waals surface area contributed by atoms with Gasteiger partial charge in [-0.25, -0.2) is 4.79 Å². The molecule has 0 radical (unpaired) electrons. The number of nitrogens with zero attached hydrogens (tertiary/aromatic N) is 3. The van der Waals surface area contributed by atoms with Gasteiger partial charge in [0.15, 0.2) is 0 Å². The van der Waals surface area contributed by atoms with E-state index in [1.54, 1.807) is 22.0 Å². The molecule has 1 aromatic rings. The number of amides is 2. The van der Waals surface area contributed by atoms with Gasteiger partial charge in [0, 0.05) is 25.8 Å². The Morgan fingerprint density at radius 2 is 2.43 bits per heavy atom. The number of urea groups is 1. The van der Waals surface area contributed by atoms with Gasteiger partial charge in [0.2, 0.25) is 0 Å². The quantitative estimate of drug-likeness (QED) is 0.682. The maximum atomic E-state index is 11.2. The number of rotatable bonds is 3. The summed E-state index contributed by atoms with van der Waals surface area (Å²) < 4.78 is 1.74. The van der Waals surface area contributed by atoms with Crippen molar-refractivity contribution in [2.24, 2.45) is 0 Å². The molecule has 0 spiro atoms. The van der Waals surface area contributed by atoms with Crippen molar-refractivity contribution in [2.45, 2.75) is 6.54 Å². The zero-order valence-electron chi connectivity index (χ0n) is 7.81. The van der Waals surface area contributed by atoms with E-state index in [4.69, 9.17) is 5.73 Å². The van der Waals surface area contributed by atoms with Gasteiger partial charge in [0.25, 0.3) is 0 Å². The lowest BCUT2D eigenvalue weighted by atomic mass is 10.5. The van der Waals surface area contributed by atoms with Crippen molar-refractivity contribution in [1.29, 1.82) is 0 Å². The van der Waals surface area contributed by atoms with E-state index in [-0.39, 0.29) is 6.03 Å². The molecule has 1 aliphatic heterocycles. The molecular weight excluding hydrogens is 182 g/mol. The van der Waals surface area contributed by atoms with Crippen LogP contribution < -0.4 is 11.1 Å². The van der Waals surface area contributed by atoms with Crippen molar-refractivity contribution < 1.29 is 4.79 Å². The van der Waals surface area contributed by atoms with Crippen LogP contribution in [0.4, 0.5) is 10.5 Å². The third-order valence-corrected chi connectivity index (χ3v) is 2.20. The van der Waals surface area contributed by atoms with Crippen LogP contribution >= 0.6 is 0 Å². The molecule has 6 heteroatoms. The minimum atomic E-state index is 0.00475. The van der Waals surface area contributed by atoms with Crippen LogP contribution in [0.3, 0.4) is 0 Å². The molecule has 1 aliphatic rings. The maximum Gasteiger partial charge on any atom is 0.317 e. The Morgan fingerprint density at radius 3 is 3.00 bits per heavy atom. The fourth-order valence-electron chi connectivity index (χ4n) is 1.45. The number of carbonyl (C=O) groups is 1. The lowest BCUT2D eigenvalue weighted by Gasteiger charge is -2.13. The highest BCUT2D eigenvalue weighted by molar-refractivity contribution is 5.76. The highest BCUT2D eigenvalue weighted by Gasteiger charge is 2.18. The lowest BCUT2D eigenvalue weighted by molar-refractivity contribution is 0.215. The van der Waals surface area contributed by atoms with E-state index in [9.17, 15) is 4.79 Å². The summed E-state index contributed by atoms with van der Waals surface area (Å²) in [6.07, 6.45) is 3.36. The lowest BCUT2D eigenvalue weighted by Crippen LogP contribution is -2.31. The van der Waals surface area contributed by atoms with E-state index in [1.807, 2.05) is 0 Å². The monoisotopic (exact) mass is 195 g/mol. The molecule has 1 aromatic heterocycles. The number of nitrogens with one attached hydrogen (secondary N) is 1. The average Bonchev–Trinajstić information content (AvgIpc) is 2.72. The van der Waals surface area contributed by atoms with Gasteiger partial charge in [-0.3, -0.25) is 4.68 Å². The second-order valence-corrected chi connectivity index (χ2v) is 3.26. The normalized spacial score (nSPS) is 16.0. The first-order chi connectivity index (χ1) is 6.75. The van der Waals surface area contributed by atoms with Gasteiger partial charge < -0.3 is 16.0 Å². The number of anilines is 1. The van der Waals surface area contributed by atoms with Crippen LogP contribution in [0.5, 0.6) is 0 Å². The molecule has 0 aromatic carbocycles. The van der Waals surface area contributed by atoms with E-state index in [1.165, 1.54) is 0 Å². The summed E-state index contributed by atoms with van der Waals surface area (Å²) in [6.45, 7) is 2.87. The topological polar surface area (TPSA) is 76.2 Å². The molecule has 0 saturated carbocycles. The summed E-state index contributed by atoms with van der Waals surface area (Å²) in [5.74, 6) is 0. The smallest absolute Gasteiger partial charge is 0.317 e. The van der Waals surface area contributed by atoms with Gasteiger partial charge in [-0.2, -0.15) is 5.10 Å². The second-order valence-electron chi connectivity index (χ2n) is 3.26. The molecule has 76 valence electrons. The second kappa shape index (κ2) is 3.57. The van der Waals surface area contributed by atoms with Gasteiger partial charge in [-0.05, 0) is 0 Å². The predicted molar refractivity (Wildman–Crippen MR) is 51.6 cm³/mol. The van der Waals surface area contributed by atoms with E-state index in [2.05, 4.69) is 10.4 Å². The molecule has 3 N–H and O–H groups in total. The molecule has 6 nitrogen and oxygen atoms in total. The Kier molecular flexibility index (Phi) is 2.26. The maximum absolute atomic E-state index is 11.2. The summed E-state index contributed by atoms with van der Waals surface area (Å²) in [4.78, 5) is 12.9. The zero-order valence-corrected chi connectivity index (χ0v) is 7.81. The Balaban J connectivity index is 1.85. The Bertz CT molecular complexity index is 334. The zero-order chi connectivity index (χ0) is 9.97. The number of carbonyl (C=O) groups excluding carboxylic acids is 1. The summed E-state index contributed by atoms with van der Waals surface area (Å²) in [5.41, 5.74) is 6.16. The number of nitrogens with two attached hydrogens (primary N) is 1. The first-order valence-corrected chi connectivity index (χ1v) is 4.56. The fourth-order valence-corrected chi connectivity index (χ4v) is 1.45. The molecule has 1 saturated heterocycles. The van der Waals surface area contributed by atoms with Crippen molar-refractivity contribution in [2.75, 3.05) is 25.4 Å². The molecule has 2 amide bonds. The molecule has 0 unspecified atom stereocenters. The third kappa shape index (κ3) is 1.78. The van der Waals surface area contributed by atoms with E-state index in [0.717, 1.165) is 13.1 Å². The molecule has 0 bridgehead atoms. The molecule has 0 aliphatic carbocycles. The average molecular weight is 195 g/mol. The van der Waals surface area contributed by atoms with E-state index >= 15 is 0 Å². The van der Waals surface area contributed by atoms with Gasteiger partial charge in [-0.1, -0.05) is 0 Å². The fraction of sp³-hybridized carbons (Fsp3) is 0.500. The predicted octanol–water partition coefficient (Wildman–Crippen LogP) is -0.510. The Hall–Kier alpha value is -1.72. The number of nitrogen functional groups attached to an aromatic ring is 1. The Labute approximate surface area is 81.7 Å². The van der Waals surface area contributed by atoms with Gasteiger partial charge in [-0.15, -0.1) is 0 Å². The molecule has 0 atom stereocenters. The minimum absolute atomic E-state index is 0.00475. The van der Waals surface area contributed by atoms with Gasteiger partial charge in [0.05, 0.1) is 18.4 Å². The number of aromatic nitrogens is 2. The van der Waals surface area contributed by atoms with Crippen molar-refractivity contribution in [3.05, 3.63) is 12.4 Å². The van der Waals surface area contributed by atoms with Crippen molar-refractivity contribution in [3.63, 3.8) is 0 Å². The molecule has 1 fully saturated rings. The SMILES string of the molecule is Nc1cnn(CCN2CCNC2=O)c1. The van der Waals surface area contributed by atoms with Crippen LogP contribution in [0, 0.1) is 0 Å². The minimum Gasteiger partial charge on any atom is -0.396 e. The molecule has 2 heterocycles. The summed E-state index contributed by atoms with van der Waals surface area (Å²) in [6, 6.07) is 0.00475. The van der Waals surface area contributed by atoms with Crippen molar-refractivity contribution in [1.82, 2.24) is 20.0 Å². The first-order valence-electron chi connectivity index (χ1n) is 4.56. The standard InChI is InChI=1S/C8H13N5O/c9-7-5-11-13(6-7)4-3-12-2-1-10-8(12)14/h5-6H,1-4,9H2,(H,10,14). The first kappa shape index (κ1) is 8.86. The van der Waals surface area contributed by atoms with Gasteiger partial charge in [0.1, 0.15) is 0 Å². The largest absolute Gasteiger partial charge is 0.396 e. The van der Waals surface area contributed by atoms with Crippen LogP contribution in [0.1, 0.15) is 0 Å². The highest BCUT2D eigenvalue weighted by atomic mass is 16.2. The number of hydrogen-bond acceptors (Lipinski definition) is 3. The number of hydrogen-bond donors (Lipinski definition) is 2. The van der Waals surface area contributed by atoms with Crippen LogP contribution in [0.2, 0.25) is 0 Å². The molecule has 14 heavy (non-hydrogen) atoms. The summed E-state index contributed by atoms with van der Waals surface area (Å²) in [5, 5.41) is 6.78. The summed E-state index contributed by atoms with van der Waals surface area (Å²) in [7, 11) is 0. The van der Waals surface area contributed by atoms with Crippen LogP contribution in [0.15, 0.2) is 12.4 Å². The highest BCUT2D eigenvalue weighted by Crippen LogP contribution is 2.00. The van der Waals surface area contributed by atoms with Crippen molar-refractivity contribution >= 4 is 11.7 Å². The van der Waals surface area contributed by atoms with Crippen LogP contribution in [-0.2, 0) is 6.54 Å². The molecular formula is C8H13N5O. The summed E-state index contributed by atoms with van der Waals surface area (Å²) >= 11 is 0. The van der Waals surface area contributed by atoms with Crippen molar-refractivity contribution in [3.8, 4) is 0 Å². The Morgan fingerprint density at radius 1 is 1.57 bits per heavy atom. The van der Waals surface area contributed by atoms with Crippen LogP contribution in [0.25, 0.3) is 0 Å². The molecule has 2 rings (SSSR count). The third-order valence-electron chi connectivity index (χ3n) is 2.20.